The van der Waals surface area contributed by atoms with Gasteiger partial charge in [-0.05, 0) is 54.9 Å². The van der Waals surface area contributed by atoms with Crippen molar-refractivity contribution in [3.63, 3.8) is 0 Å². The first-order valence-corrected chi connectivity index (χ1v) is 7.88. The number of nitrogens with one attached hydrogen (secondary N) is 2. The average molecular weight is 289 g/mol. The second kappa shape index (κ2) is 6.83. The molecule has 2 amide bonds. The van der Waals surface area contributed by atoms with Crippen LogP contribution in [-0.4, -0.2) is 12.1 Å². The van der Waals surface area contributed by atoms with Crippen LogP contribution in [-0.2, 0) is 0 Å². The van der Waals surface area contributed by atoms with Crippen LogP contribution in [0.1, 0.15) is 40.0 Å². The van der Waals surface area contributed by atoms with Gasteiger partial charge < -0.3 is 16.4 Å². The third kappa shape index (κ3) is 4.38. The summed E-state index contributed by atoms with van der Waals surface area (Å²) in [6.45, 7) is 6.97. The predicted octanol–water partition coefficient (Wildman–Crippen LogP) is 4.05. The molecule has 3 unspecified atom stereocenters. The standard InChI is InChI=1S/C17H27N3O/c1-11(2)15-9-4-12(3)10-16(15)19-13-5-7-14(8-6-13)20-17(18)21/h5-8,11-12,15-16,19H,4,9-10H2,1-3H3,(H3,18,20,21). The summed E-state index contributed by atoms with van der Waals surface area (Å²) in [5.74, 6) is 2.21. The minimum absolute atomic E-state index is 0.531. The van der Waals surface area contributed by atoms with Crippen LogP contribution in [0.3, 0.4) is 0 Å². The summed E-state index contributed by atoms with van der Waals surface area (Å²) in [5, 5.41) is 6.26. The molecule has 4 N–H and O–H groups in total. The minimum atomic E-state index is -0.531. The SMILES string of the molecule is CC1CCC(C(C)C)C(Nc2ccc(NC(N)=O)cc2)C1. The number of carbonyl (C=O) groups excluding carboxylic acids is 1. The summed E-state index contributed by atoms with van der Waals surface area (Å²) in [7, 11) is 0. The van der Waals surface area contributed by atoms with E-state index in [1.54, 1.807) is 0 Å². The van der Waals surface area contributed by atoms with E-state index in [1.165, 1.54) is 19.3 Å². The highest BCUT2D eigenvalue weighted by molar-refractivity contribution is 5.87. The van der Waals surface area contributed by atoms with Gasteiger partial charge in [0.1, 0.15) is 0 Å². The molecule has 21 heavy (non-hydrogen) atoms. The Hall–Kier alpha value is -1.71. The van der Waals surface area contributed by atoms with Crippen LogP contribution in [0.5, 0.6) is 0 Å². The van der Waals surface area contributed by atoms with Crippen molar-refractivity contribution in [2.45, 2.75) is 46.1 Å². The van der Waals surface area contributed by atoms with Crippen LogP contribution >= 0.6 is 0 Å². The zero-order valence-corrected chi connectivity index (χ0v) is 13.2. The van der Waals surface area contributed by atoms with Gasteiger partial charge in [-0.25, -0.2) is 4.79 Å². The second-order valence-corrected chi connectivity index (χ2v) is 6.64. The first-order valence-electron chi connectivity index (χ1n) is 7.88. The fourth-order valence-electron chi connectivity index (χ4n) is 3.37. The Morgan fingerprint density at radius 3 is 2.38 bits per heavy atom. The van der Waals surface area contributed by atoms with Gasteiger partial charge in [-0.1, -0.05) is 27.2 Å². The normalized spacial score (nSPS) is 25.6. The third-order valence-electron chi connectivity index (χ3n) is 4.53. The molecule has 1 aromatic rings. The van der Waals surface area contributed by atoms with Gasteiger partial charge in [-0.15, -0.1) is 0 Å². The topological polar surface area (TPSA) is 67.2 Å². The van der Waals surface area contributed by atoms with E-state index in [1.807, 2.05) is 24.3 Å². The van der Waals surface area contributed by atoms with Crippen molar-refractivity contribution in [2.24, 2.45) is 23.5 Å². The number of primary amides is 1. The number of amides is 2. The number of nitrogens with two attached hydrogens (primary N) is 1. The number of benzene rings is 1. The summed E-state index contributed by atoms with van der Waals surface area (Å²) in [5.41, 5.74) is 6.95. The summed E-state index contributed by atoms with van der Waals surface area (Å²) in [6, 6.07) is 7.76. The smallest absolute Gasteiger partial charge is 0.316 e. The summed E-state index contributed by atoms with van der Waals surface area (Å²) >= 11 is 0. The third-order valence-corrected chi connectivity index (χ3v) is 4.53. The Morgan fingerprint density at radius 1 is 1.19 bits per heavy atom. The molecule has 116 valence electrons. The predicted molar refractivity (Wildman–Crippen MR) is 88.4 cm³/mol. The fourth-order valence-corrected chi connectivity index (χ4v) is 3.37. The van der Waals surface area contributed by atoms with Gasteiger partial charge in [0.2, 0.25) is 0 Å². The lowest BCUT2D eigenvalue weighted by molar-refractivity contribution is 0.212. The Labute approximate surface area is 127 Å². The zero-order chi connectivity index (χ0) is 15.4. The number of anilines is 2. The van der Waals surface area contributed by atoms with Gasteiger partial charge in [-0.2, -0.15) is 0 Å². The van der Waals surface area contributed by atoms with Crippen molar-refractivity contribution in [3.8, 4) is 0 Å². The van der Waals surface area contributed by atoms with E-state index in [0.717, 1.165) is 23.2 Å². The fraction of sp³-hybridized carbons (Fsp3) is 0.588. The Kier molecular flexibility index (Phi) is 5.10. The molecule has 1 aliphatic rings. The number of hydrogen-bond acceptors (Lipinski definition) is 2. The Balaban J connectivity index is 2.02. The average Bonchev–Trinajstić information content (AvgIpc) is 2.40. The molecule has 0 aromatic heterocycles. The van der Waals surface area contributed by atoms with Crippen molar-refractivity contribution in [1.82, 2.24) is 0 Å². The lowest BCUT2D eigenvalue weighted by atomic mass is 9.74. The molecule has 0 bridgehead atoms. The van der Waals surface area contributed by atoms with Gasteiger partial charge in [0.15, 0.2) is 0 Å². The first-order chi connectivity index (χ1) is 9.95. The molecule has 3 atom stereocenters. The molecule has 0 spiro atoms. The molecule has 1 fully saturated rings. The molecule has 4 heteroatoms. The number of hydrogen-bond donors (Lipinski definition) is 3. The van der Waals surface area contributed by atoms with Crippen molar-refractivity contribution >= 4 is 17.4 Å². The van der Waals surface area contributed by atoms with E-state index < -0.39 is 6.03 Å². The number of rotatable bonds is 4. The molecule has 0 heterocycles. The quantitative estimate of drug-likeness (QED) is 0.782. The van der Waals surface area contributed by atoms with Crippen LogP contribution in [0, 0.1) is 17.8 Å². The van der Waals surface area contributed by atoms with Crippen LogP contribution in [0.15, 0.2) is 24.3 Å². The van der Waals surface area contributed by atoms with Crippen LogP contribution < -0.4 is 16.4 Å². The molecule has 0 saturated heterocycles. The molecule has 1 aromatic carbocycles. The van der Waals surface area contributed by atoms with Crippen molar-refractivity contribution < 1.29 is 4.79 Å². The van der Waals surface area contributed by atoms with E-state index in [9.17, 15) is 4.79 Å². The lowest BCUT2D eigenvalue weighted by Gasteiger charge is -2.38. The monoisotopic (exact) mass is 289 g/mol. The number of carbonyl (C=O) groups is 1. The van der Waals surface area contributed by atoms with Crippen LogP contribution in [0.2, 0.25) is 0 Å². The van der Waals surface area contributed by atoms with Gasteiger partial charge >= 0.3 is 6.03 Å². The first kappa shape index (κ1) is 15.7. The van der Waals surface area contributed by atoms with Crippen LogP contribution in [0.25, 0.3) is 0 Å². The zero-order valence-electron chi connectivity index (χ0n) is 13.2. The maximum absolute atomic E-state index is 10.8. The number of urea groups is 1. The highest BCUT2D eigenvalue weighted by Gasteiger charge is 2.30. The van der Waals surface area contributed by atoms with Crippen molar-refractivity contribution in [1.29, 1.82) is 0 Å². The highest BCUT2D eigenvalue weighted by atomic mass is 16.2. The van der Waals surface area contributed by atoms with E-state index in [4.69, 9.17) is 5.73 Å². The highest BCUT2D eigenvalue weighted by Crippen LogP contribution is 2.35. The van der Waals surface area contributed by atoms with E-state index in [0.29, 0.717) is 12.0 Å². The maximum atomic E-state index is 10.8. The maximum Gasteiger partial charge on any atom is 0.316 e. The van der Waals surface area contributed by atoms with E-state index >= 15 is 0 Å². The van der Waals surface area contributed by atoms with Crippen molar-refractivity contribution in [2.75, 3.05) is 10.6 Å². The van der Waals surface area contributed by atoms with Crippen molar-refractivity contribution in [3.05, 3.63) is 24.3 Å². The van der Waals surface area contributed by atoms with E-state index in [-0.39, 0.29) is 0 Å². The largest absolute Gasteiger partial charge is 0.382 e. The molecule has 0 aliphatic heterocycles. The summed E-state index contributed by atoms with van der Waals surface area (Å²) in [6.07, 6.45) is 3.87. The molecule has 2 rings (SSSR count). The molecule has 1 saturated carbocycles. The van der Waals surface area contributed by atoms with Crippen LogP contribution in [0.4, 0.5) is 16.2 Å². The second-order valence-electron chi connectivity index (χ2n) is 6.64. The minimum Gasteiger partial charge on any atom is -0.382 e. The molecule has 0 radical (unpaired) electrons. The molecule has 1 aliphatic carbocycles. The Bertz CT molecular complexity index is 469. The van der Waals surface area contributed by atoms with Gasteiger partial charge in [0.25, 0.3) is 0 Å². The molecule has 4 nitrogen and oxygen atoms in total. The molecular weight excluding hydrogens is 262 g/mol. The summed E-state index contributed by atoms with van der Waals surface area (Å²) < 4.78 is 0. The lowest BCUT2D eigenvalue weighted by Crippen LogP contribution is -2.37. The Morgan fingerprint density at radius 2 is 1.81 bits per heavy atom. The molecular formula is C17H27N3O. The van der Waals surface area contributed by atoms with Gasteiger partial charge in [0.05, 0.1) is 0 Å². The van der Waals surface area contributed by atoms with E-state index in [2.05, 4.69) is 31.4 Å². The van der Waals surface area contributed by atoms with Gasteiger partial charge in [0, 0.05) is 17.4 Å². The van der Waals surface area contributed by atoms with Gasteiger partial charge in [-0.3, -0.25) is 0 Å². The summed E-state index contributed by atoms with van der Waals surface area (Å²) in [4.78, 5) is 10.8.